The minimum absolute atomic E-state index is 0.0845. The van der Waals surface area contributed by atoms with Crippen LogP contribution < -0.4 is 0 Å². The number of unbranched alkanes of at least 4 members (excludes halogenated alkanes) is 1. The molecule has 0 bridgehead atoms. The van der Waals surface area contributed by atoms with E-state index in [-0.39, 0.29) is 17.0 Å². The summed E-state index contributed by atoms with van der Waals surface area (Å²) in [7, 11) is 0. The van der Waals surface area contributed by atoms with Crippen LogP contribution in [0.15, 0.2) is 71.9 Å². The molecule has 2 heteroatoms. The Morgan fingerprint density at radius 1 is 1.25 bits per heavy atom. The van der Waals surface area contributed by atoms with Crippen LogP contribution in [0.4, 0.5) is 0 Å². The minimum Gasteiger partial charge on any atom is -0.508 e. The fourth-order valence-electron chi connectivity index (χ4n) is 3.00. The van der Waals surface area contributed by atoms with Crippen molar-refractivity contribution in [3.8, 4) is 5.75 Å². The normalized spacial score (nSPS) is 17.8. The van der Waals surface area contributed by atoms with Crippen molar-refractivity contribution in [1.82, 2.24) is 0 Å². The lowest BCUT2D eigenvalue weighted by molar-refractivity contribution is 0.475. The van der Waals surface area contributed by atoms with E-state index < -0.39 is 0 Å². The van der Waals surface area contributed by atoms with Gasteiger partial charge in [0, 0.05) is 5.92 Å². The Morgan fingerprint density at radius 2 is 2.00 bits per heavy atom. The van der Waals surface area contributed by atoms with Crippen LogP contribution in [0.5, 0.6) is 5.75 Å². The highest BCUT2D eigenvalue weighted by Crippen LogP contribution is 2.38. The third-order valence-corrected chi connectivity index (χ3v) is 4.85. The van der Waals surface area contributed by atoms with Gasteiger partial charge in [-0.3, -0.25) is 0 Å². The molecule has 0 amide bonds. The third-order valence-electron chi connectivity index (χ3n) is 4.35. The molecule has 2 rings (SSSR count). The zero-order valence-corrected chi connectivity index (χ0v) is 15.3. The van der Waals surface area contributed by atoms with Gasteiger partial charge in [0.25, 0.3) is 0 Å². The van der Waals surface area contributed by atoms with Gasteiger partial charge in [-0.1, -0.05) is 61.9 Å². The second kappa shape index (κ2) is 9.54. The number of aromatic hydroxyl groups is 1. The highest BCUT2D eigenvalue weighted by atomic mass is 35.5. The molecular weight excluding hydrogens is 316 g/mol. The van der Waals surface area contributed by atoms with Crippen LogP contribution in [0, 0.1) is 0 Å². The quantitative estimate of drug-likeness (QED) is 0.433. The molecule has 0 heterocycles. The molecule has 0 saturated carbocycles. The Labute approximate surface area is 151 Å². The molecule has 1 aliphatic carbocycles. The summed E-state index contributed by atoms with van der Waals surface area (Å²) in [6, 6.07) is 7.42. The topological polar surface area (TPSA) is 20.2 Å². The van der Waals surface area contributed by atoms with Crippen molar-refractivity contribution < 1.29 is 5.11 Å². The number of alkyl halides is 1. The van der Waals surface area contributed by atoms with E-state index in [1.54, 1.807) is 12.1 Å². The van der Waals surface area contributed by atoms with E-state index >= 15 is 0 Å². The number of benzene rings is 1. The smallest absolute Gasteiger partial charge is 0.115 e. The molecule has 0 saturated heterocycles. The van der Waals surface area contributed by atoms with Crippen LogP contribution in [0.1, 0.15) is 51.0 Å². The molecule has 128 valence electrons. The van der Waals surface area contributed by atoms with Gasteiger partial charge in [-0.25, -0.2) is 0 Å². The molecule has 1 aromatic rings. The van der Waals surface area contributed by atoms with Crippen LogP contribution in [0.2, 0.25) is 0 Å². The average molecular weight is 343 g/mol. The van der Waals surface area contributed by atoms with Crippen molar-refractivity contribution >= 4 is 11.6 Å². The Morgan fingerprint density at radius 3 is 2.58 bits per heavy atom. The first-order valence-electron chi connectivity index (χ1n) is 8.79. The molecule has 0 fully saturated rings. The SMILES string of the molecule is C/C=C(\C=C/CCC)C(Cl)C(C1=CCCC=C1)c1ccc(O)cc1. The minimum atomic E-state index is -0.137. The van der Waals surface area contributed by atoms with Gasteiger partial charge >= 0.3 is 0 Å². The van der Waals surface area contributed by atoms with E-state index in [1.165, 1.54) is 5.57 Å². The average Bonchev–Trinajstić information content (AvgIpc) is 2.61. The molecule has 2 unspecified atom stereocenters. The first kappa shape index (κ1) is 18.6. The van der Waals surface area contributed by atoms with Crippen molar-refractivity contribution in [2.24, 2.45) is 0 Å². The maximum Gasteiger partial charge on any atom is 0.115 e. The lowest BCUT2D eigenvalue weighted by Gasteiger charge is -2.26. The lowest BCUT2D eigenvalue weighted by Crippen LogP contribution is -2.17. The number of hydrogen-bond acceptors (Lipinski definition) is 1. The van der Waals surface area contributed by atoms with E-state index in [0.29, 0.717) is 0 Å². The first-order valence-corrected chi connectivity index (χ1v) is 9.23. The number of phenolic OH excluding ortho intramolecular Hbond substituents is 1. The summed E-state index contributed by atoms with van der Waals surface area (Å²) in [6.45, 7) is 4.22. The predicted molar refractivity (Wildman–Crippen MR) is 105 cm³/mol. The molecule has 0 spiro atoms. The Balaban J connectivity index is 2.35. The van der Waals surface area contributed by atoms with Gasteiger partial charge < -0.3 is 5.11 Å². The second-order valence-electron chi connectivity index (χ2n) is 6.13. The van der Waals surface area contributed by atoms with Gasteiger partial charge in [-0.15, -0.1) is 11.6 Å². The monoisotopic (exact) mass is 342 g/mol. The summed E-state index contributed by atoms with van der Waals surface area (Å²) in [5.41, 5.74) is 3.53. The van der Waals surface area contributed by atoms with E-state index in [1.807, 2.05) is 19.1 Å². The molecule has 0 aliphatic heterocycles. The summed E-state index contributed by atoms with van der Waals surface area (Å²) in [4.78, 5) is 0. The molecule has 0 aromatic heterocycles. The fourth-order valence-corrected chi connectivity index (χ4v) is 3.49. The van der Waals surface area contributed by atoms with Crippen LogP contribution in [-0.4, -0.2) is 10.5 Å². The van der Waals surface area contributed by atoms with Crippen LogP contribution in [0.25, 0.3) is 0 Å². The maximum atomic E-state index is 9.60. The lowest BCUT2D eigenvalue weighted by atomic mass is 9.82. The van der Waals surface area contributed by atoms with Crippen molar-refractivity contribution in [2.45, 2.75) is 50.8 Å². The van der Waals surface area contributed by atoms with Crippen LogP contribution in [0.3, 0.4) is 0 Å². The molecule has 1 aliphatic rings. The van der Waals surface area contributed by atoms with Gasteiger partial charge in [0.1, 0.15) is 5.75 Å². The highest BCUT2D eigenvalue weighted by molar-refractivity contribution is 6.23. The summed E-state index contributed by atoms with van der Waals surface area (Å²) in [6.07, 6.45) is 17.5. The van der Waals surface area contributed by atoms with Gasteiger partial charge in [-0.2, -0.15) is 0 Å². The largest absolute Gasteiger partial charge is 0.508 e. The van der Waals surface area contributed by atoms with Gasteiger partial charge in [0.05, 0.1) is 5.38 Å². The molecule has 2 atom stereocenters. The van der Waals surface area contributed by atoms with E-state index in [4.69, 9.17) is 11.6 Å². The number of rotatable bonds is 7. The Kier molecular flexibility index (Phi) is 7.39. The standard InChI is InChI=1S/C22H27ClO/c1-3-5-7-10-17(4-2)22(23)21(18-11-8-6-9-12-18)19-13-15-20(24)16-14-19/h4,7-8,10-16,21-22,24H,3,5-6,9H2,1-2H3/b10-7-,17-4+. The third kappa shape index (κ3) is 4.88. The van der Waals surface area contributed by atoms with Gasteiger partial charge in [0.15, 0.2) is 0 Å². The zero-order valence-electron chi connectivity index (χ0n) is 14.6. The Hall–Kier alpha value is -1.73. The molecule has 0 radical (unpaired) electrons. The number of halogens is 1. The summed E-state index contributed by atoms with van der Waals surface area (Å²) < 4.78 is 0. The molecule has 1 aromatic carbocycles. The number of allylic oxidation sites excluding steroid dienone is 8. The predicted octanol–water partition coefficient (Wildman–Crippen LogP) is 6.66. The molecule has 1 N–H and O–H groups in total. The van der Waals surface area contributed by atoms with Crippen molar-refractivity contribution in [3.63, 3.8) is 0 Å². The van der Waals surface area contributed by atoms with Crippen molar-refractivity contribution in [1.29, 1.82) is 0 Å². The van der Waals surface area contributed by atoms with Gasteiger partial charge in [0.2, 0.25) is 0 Å². The fraction of sp³-hybridized carbons (Fsp3) is 0.364. The maximum absolute atomic E-state index is 9.60. The van der Waals surface area contributed by atoms with E-state index in [0.717, 1.165) is 36.8 Å². The van der Waals surface area contributed by atoms with Crippen molar-refractivity contribution in [2.75, 3.05) is 0 Å². The molecule has 1 nitrogen and oxygen atoms in total. The Bertz CT molecular complexity index is 634. The molecule has 24 heavy (non-hydrogen) atoms. The summed E-state index contributed by atoms with van der Waals surface area (Å²) >= 11 is 6.94. The van der Waals surface area contributed by atoms with Crippen LogP contribution in [-0.2, 0) is 0 Å². The highest BCUT2D eigenvalue weighted by Gasteiger charge is 2.26. The van der Waals surface area contributed by atoms with Crippen LogP contribution >= 0.6 is 11.6 Å². The van der Waals surface area contributed by atoms with Crippen molar-refractivity contribution in [3.05, 3.63) is 77.4 Å². The summed E-state index contributed by atoms with van der Waals surface area (Å²) in [5.74, 6) is 0.368. The number of hydrogen-bond donors (Lipinski definition) is 1. The first-order chi connectivity index (χ1) is 11.7. The van der Waals surface area contributed by atoms with E-state index in [2.05, 4.69) is 43.4 Å². The second-order valence-corrected chi connectivity index (χ2v) is 6.60. The van der Waals surface area contributed by atoms with E-state index in [9.17, 15) is 5.11 Å². The number of phenols is 1. The zero-order chi connectivity index (χ0) is 17.4. The van der Waals surface area contributed by atoms with Gasteiger partial charge in [-0.05, 0) is 55.0 Å². The summed E-state index contributed by atoms with van der Waals surface area (Å²) in [5, 5.41) is 9.46. The molecular formula is C22H27ClO.